The molecule has 0 aromatic heterocycles. The molecule has 0 fully saturated rings. The summed E-state index contributed by atoms with van der Waals surface area (Å²) in [6, 6.07) is 0. The first kappa shape index (κ1) is 10.9. The van der Waals surface area contributed by atoms with Crippen LogP contribution in [0.5, 0.6) is 0 Å². The van der Waals surface area contributed by atoms with Gasteiger partial charge < -0.3 is 9.94 Å². The third kappa shape index (κ3) is 7.05. The van der Waals surface area contributed by atoms with Crippen molar-refractivity contribution in [3.05, 3.63) is 0 Å². The van der Waals surface area contributed by atoms with Gasteiger partial charge in [0, 0.05) is 6.92 Å². The lowest BCUT2D eigenvalue weighted by Crippen LogP contribution is -2.01. The van der Waals surface area contributed by atoms with E-state index in [0.29, 0.717) is 12.3 Å². The Morgan fingerprint density at radius 3 is 2.58 bits per heavy atom. The summed E-state index contributed by atoms with van der Waals surface area (Å²) in [5.41, 5.74) is 0.706. The molecule has 0 heterocycles. The molecule has 0 amide bonds. The number of hydrogen-bond acceptors (Lipinski definition) is 4. The summed E-state index contributed by atoms with van der Waals surface area (Å²) in [6.45, 7) is 3.60. The number of unbranched alkanes of at least 4 members (excludes halogenated alkanes) is 1. The second-order valence-electron chi connectivity index (χ2n) is 2.63. The minimum atomic E-state index is -0.248. The van der Waals surface area contributed by atoms with Gasteiger partial charge in [-0.15, -0.1) is 0 Å². The van der Waals surface area contributed by atoms with E-state index in [2.05, 4.69) is 5.16 Å². The average molecular weight is 173 g/mol. The maximum absolute atomic E-state index is 10.3. The monoisotopic (exact) mass is 173 g/mol. The number of rotatable bonds is 5. The number of hydrogen-bond donors (Lipinski definition) is 1. The standard InChI is InChI=1S/C8H15NO3/c1-7(9-11)5-3-4-6-12-8(2)10/h11H,3-6H2,1-2H3. The maximum atomic E-state index is 10.3. The van der Waals surface area contributed by atoms with Crippen molar-refractivity contribution in [1.29, 1.82) is 0 Å². The Morgan fingerprint density at radius 2 is 2.08 bits per heavy atom. The Labute approximate surface area is 72.2 Å². The van der Waals surface area contributed by atoms with E-state index in [1.807, 2.05) is 0 Å². The van der Waals surface area contributed by atoms with Crippen molar-refractivity contribution in [2.45, 2.75) is 33.1 Å². The lowest BCUT2D eigenvalue weighted by atomic mass is 10.2. The van der Waals surface area contributed by atoms with Gasteiger partial charge >= 0.3 is 5.97 Å². The number of carbonyl (C=O) groups is 1. The molecule has 0 radical (unpaired) electrons. The predicted octanol–water partition coefficient (Wildman–Crippen LogP) is 1.57. The van der Waals surface area contributed by atoms with Crippen molar-refractivity contribution in [1.82, 2.24) is 0 Å². The van der Waals surface area contributed by atoms with Crippen LogP contribution in [0, 0.1) is 0 Å². The normalized spacial score (nSPS) is 11.3. The fourth-order valence-corrected chi connectivity index (χ4v) is 0.749. The molecule has 12 heavy (non-hydrogen) atoms. The van der Waals surface area contributed by atoms with Gasteiger partial charge in [0.25, 0.3) is 0 Å². The first-order chi connectivity index (χ1) is 5.66. The minimum Gasteiger partial charge on any atom is -0.466 e. The van der Waals surface area contributed by atoms with Crippen molar-refractivity contribution < 1.29 is 14.7 Å². The van der Waals surface area contributed by atoms with Crippen LogP contribution < -0.4 is 0 Å². The summed E-state index contributed by atoms with van der Waals surface area (Å²) in [7, 11) is 0. The summed E-state index contributed by atoms with van der Waals surface area (Å²) >= 11 is 0. The molecule has 0 aliphatic heterocycles. The van der Waals surface area contributed by atoms with Crippen LogP contribution in [0.15, 0.2) is 5.16 Å². The van der Waals surface area contributed by atoms with Crippen LogP contribution in [-0.2, 0) is 9.53 Å². The smallest absolute Gasteiger partial charge is 0.302 e. The van der Waals surface area contributed by atoms with E-state index in [1.54, 1.807) is 6.92 Å². The van der Waals surface area contributed by atoms with Crippen molar-refractivity contribution in [2.75, 3.05) is 6.61 Å². The molecular formula is C8H15NO3. The summed E-state index contributed by atoms with van der Waals surface area (Å²) < 4.78 is 4.72. The van der Waals surface area contributed by atoms with Gasteiger partial charge in [-0.1, -0.05) is 5.16 Å². The highest BCUT2D eigenvalue weighted by molar-refractivity contribution is 5.81. The zero-order valence-electron chi connectivity index (χ0n) is 7.54. The molecule has 0 saturated heterocycles. The van der Waals surface area contributed by atoms with Gasteiger partial charge in [-0.05, 0) is 26.2 Å². The fourth-order valence-electron chi connectivity index (χ4n) is 0.749. The van der Waals surface area contributed by atoms with Crippen molar-refractivity contribution in [3.63, 3.8) is 0 Å². The molecule has 0 aromatic carbocycles. The zero-order valence-corrected chi connectivity index (χ0v) is 7.54. The van der Waals surface area contributed by atoms with Gasteiger partial charge in [0.2, 0.25) is 0 Å². The molecule has 1 N–H and O–H groups in total. The van der Waals surface area contributed by atoms with Gasteiger partial charge in [-0.3, -0.25) is 4.79 Å². The van der Waals surface area contributed by atoms with Crippen LogP contribution in [0.3, 0.4) is 0 Å². The first-order valence-electron chi connectivity index (χ1n) is 3.97. The summed E-state index contributed by atoms with van der Waals surface area (Å²) in [4.78, 5) is 10.3. The third-order valence-corrected chi connectivity index (χ3v) is 1.41. The second kappa shape index (κ2) is 6.64. The Morgan fingerprint density at radius 1 is 1.42 bits per heavy atom. The van der Waals surface area contributed by atoms with Crippen LogP contribution in [0.2, 0.25) is 0 Å². The SMILES string of the molecule is CC(=O)OCCCCC(C)=NO. The summed E-state index contributed by atoms with van der Waals surface area (Å²) in [5.74, 6) is -0.248. The van der Waals surface area contributed by atoms with Crippen LogP contribution in [0.4, 0.5) is 0 Å². The first-order valence-corrected chi connectivity index (χ1v) is 3.97. The Kier molecular flexibility index (Phi) is 6.05. The van der Waals surface area contributed by atoms with Crippen molar-refractivity contribution in [3.8, 4) is 0 Å². The van der Waals surface area contributed by atoms with Gasteiger partial charge in [-0.2, -0.15) is 0 Å². The largest absolute Gasteiger partial charge is 0.466 e. The van der Waals surface area contributed by atoms with Crippen LogP contribution in [0.25, 0.3) is 0 Å². The number of esters is 1. The van der Waals surface area contributed by atoms with Gasteiger partial charge in [-0.25, -0.2) is 0 Å². The number of oxime groups is 1. The highest BCUT2D eigenvalue weighted by Crippen LogP contribution is 1.97. The van der Waals surface area contributed by atoms with E-state index in [9.17, 15) is 4.79 Å². The van der Waals surface area contributed by atoms with Crippen molar-refractivity contribution >= 4 is 11.7 Å². The van der Waals surface area contributed by atoms with Crippen LogP contribution in [-0.4, -0.2) is 23.5 Å². The van der Waals surface area contributed by atoms with E-state index in [-0.39, 0.29) is 5.97 Å². The quantitative estimate of drug-likeness (QED) is 0.226. The van der Waals surface area contributed by atoms with E-state index >= 15 is 0 Å². The molecule has 0 atom stereocenters. The van der Waals surface area contributed by atoms with Gasteiger partial charge in [0.05, 0.1) is 12.3 Å². The molecule has 0 aromatic rings. The van der Waals surface area contributed by atoms with Gasteiger partial charge in [0.1, 0.15) is 0 Å². The van der Waals surface area contributed by atoms with E-state index in [0.717, 1.165) is 19.3 Å². The molecule has 0 bridgehead atoms. The second-order valence-corrected chi connectivity index (χ2v) is 2.63. The van der Waals surface area contributed by atoms with Crippen LogP contribution in [0.1, 0.15) is 33.1 Å². The Bertz CT molecular complexity index is 166. The molecule has 0 rings (SSSR count). The summed E-state index contributed by atoms with van der Waals surface area (Å²) in [6.07, 6.45) is 2.44. The highest BCUT2D eigenvalue weighted by atomic mass is 16.5. The molecule has 0 unspecified atom stereocenters. The lowest BCUT2D eigenvalue weighted by Gasteiger charge is -2.00. The molecular weight excluding hydrogens is 158 g/mol. The summed E-state index contributed by atoms with van der Waals surface area (Å²) in [5, 5.41) is 11.3. The average Bonchev–Trinajstić information content (AvgIpc) is 2.03. The highest BCUT2D eigenvalue weighted by Gasteiger charge is 1.94. The Hall–Kier alpha value is -1.06. The molecule has 0 aliphatic carbocycles. The van der Waals surface area contributed by atoms with E-state index < -0.39 is 0 Å². The molecule has 4 heteroatoms. The molecule has 0 spiro atoms. The predicted molar refractivity (Wildman–Crippen MR) is 45.4 cm³/mol. The van der Waals surface area contributed by atoms with E-state index in [4.69, 9.17) is 9.94 Å². The number of ether oxygens (including phenoxy) is 1. The minimum absolute atomic E-state index is 0.248. The Balaban J connectivity index is 3.16. The topological polar surface area (TPSA) is 58.9 Å². The fraction of sp³-hybridized carbons (Fsp3) is 0.750. The lowest BCUT2D eigenvalue weighted by molar-refractivity contribution is -0.141. The number of nitrogens with zero attached hydrogens (tertiary/aromatic N) is 1. The number of carbonyl (C=O) groups excluding carboxylic acids is 1. The molecule has 4 nitrogen and oxygen atoms in total. The molecule has 0 saturated carbocycles. The zero-order chi connectivity index (χ0) is 9.40. The van der Waals surface area contributed by atoms with Gasteiger partial charge in [0.15, 0.2) is 0 Å². The third-order valence-electron chi connectivity index (χ3n) is 1.41. The van der Waals surface area contributed by atoms with E-state index in [1.165, 1.54) is 6.92 Å². The molecule has 70 valence electrons. The molecule has 0 aliphatic rings. The van der Waals surface area contributed by atoms with Crippen LogP contribution >= 0.6 is 0 Å². The van der Waals surface area contributed by atoms with Crippen molar-refractivity contribution in [2.24, 2.45) is 5.16 Å². The maximum Gasteiger partial charge on any atom is 0.302 e.